The fourth-order valence-electron chi connectivity index (χ4n) is 4.03. The van der Waals surface area contributed by atoms with Gasteiger partial charge < -0.3 is 9.64 Å². The quantitative estimate of drug-likeness (QED) is 0.807. The molecule has 0 bridgehead atoms. The third kappa shape index (κ3) is 3.61. The number of hydrogen-bond acceptors (Lipinski definition) is 5. The Morgan fingerprint density at radius 1 is 1.04 bits per heavy atom. The van der Waals surface area contributed by atoms with Crippen LogP contribution in [0.1, 0.15) is 70.7 Å². The summed E-state index contributed by atoms with van der Waals surface area (Å²) in [6, 6.07) is 7.36. The van der Waals surface area contributed by atoms with Crippen LogP contribution in [0, 0.1) is 0 Å². The van der Waals surface area contributed by atoms with E-state index in [2.05, 4.69) is 10.2 Å². The Morgan fingerprint density at radius 3 is 2.38 bits per heavy atom. The molecular weight excluding hydrogens is 346 g/mol. The summed E-state index contributed by atoms with van der Waals surface area (Å²) in [5.41, 5.74) is 0.718. The molecule has 1 aliphatic carbocycles. The number of hydrogen-bond donors (Lipinski definition) is 0. The molecule has 1 unspecified atom stereocenters. The van der Waals surface area contributed by atoms with Crippen LogP contribution in [0.15, 0.2) is 24.3 Å². The molecule has 0 radical (unpaired) electrons. The third-order valence-corrected chi connectivity index (χ3v) is 6.80. The summed E-state index contributed by atoms with van der Waals surface area (Å²) >= 11 is 1.77. The summed E-state index contributed by atoms with van der Waals surface area (Å²) in [5.74, 6) is 1.80. The first-order valence-corrected chi connectivity index (χ1v) is 10.3. The number of rotatable bonds is 4. The van der Waals surface area contributed by atoms with Crippen LogP contribution >= 0.6 is 11.3 Å². The Bertz CT molecular complexity index is 753. The number of carbonyl (C=O) groups excluding carboxylic acids is 1. The van der Waals surface area contributed by atoms with Crippen molar-refractivity contribution in [2.75, 3.05) is 20.2 Å². The van der Waals surface area contributed by atoms with Gasteiger partial charge >= 0.3 is 0 Å². The van der Waals surface area contributed by atoms with Crippen LogP contribution in [0.3, 0.4) is 0 Å². The Balaban J connectivity index is 1.44. The average Bonchev–Trinajstić information content (AvgIpc) is 3.39. The number of aromatic nitrogens is 2. The molecule has 26 heavy (non-hydrogen) atoms. The zero-order valence-corrected chi connectivity index (χ0v) is 16.0. The molecule has 1 saturated carbocycles. The van der Waals surface area contributed by atoms with Gasteiger partial charge in [-0.3, -0.25) is 4.79 Å². The van der Waals surface area contributed by atoms with Crippen LogP contribution in [-0.4, -0.2) is 41.2 Å². The molecule has 1 aromatic carbocycles. The Labute approximate surface area is 158 Å². The first-order valence-electron chi connectivity index (χ1n) is 9.51. The number of likely N-dealkylation sites (tertiary alicyclic amines) is 1. The van der Waals surface area contributed by atoms with Crippen LogP contribution < -0.4 is 4.74 Å². The van der Waals surface area contributed by atoms with E-state index in [0.717, 1.165) is 42.3 Å². The number of carbonyl (C=O) groups is 1. The van der Waals surface area contributed by atoms with Crippen molar-refractivity contribution >= 4 is 17.2 Å². The Morgan fingerprint density at radius 2 is 1.69 bits per heavy atom. The fourth-order valence-corrected chi connectivity index (χ4v) is 5.17. The molecule has 1 saturated heterocycles. The lowest BCUT2D eigenvalue weighted by Gasteiger charge is -2.31. The predicted molar refractivity (Wildman–Crippen MR) is 102 cm³/mol. The zero-order valence-electron chi connectivity index (χ0n) is 15.2. The Hall–Kier alpha value is -1.95. The number of nitrogens with zero attached hydrogens (tertiary/aromatic N) is 3. The van der Waals surface area contributed by atoms with Gasteiger partial charge in [0.15, 0.2) is 0 Å². The van der Waals surface area contributed by atoms with Crippen LogP contribution in [0.5, 0.6) is 5.75 Å². The Kier molecular flexibility index (Phi) is 5.20. The molecule has 2 fully saturated rings. The molecule has 4 rings (SSSR count). The highest BCUT2D eigenvalue weighted by molar-refractivity contribution is 7.11. The van der Waals surface area contributed by atoms with Crippen LogP contribution in [0.4, 0.5) is 0 Å². The maximum absolute atomic E-state index is 12.8. The van der Waals surface area contributed by atoms with Gasteiger partial charge in [0.1, 0.15) is 15.8 Å². The second-order valence-electron chi connectivity index (χ2n) is 7.28. The van der Waals surface area contributed by atoms with E-state index in [9.17, 15) is 4.79 Å². The highest BCUT2D eigenvalue weighted by Gasteiger charge is 2.29. The van der Waals surface area contributed by atoms with Crippen molar-refractivity contribution in [3.63, 3.8) is 0 Å². The zero-order chi connectivity index (χ0) is 17.9. The van der Waals surface area contributed by atoms with Crippen molar-refractivity contribution in [1.82, 2.24) is 15.1 Å². The smallest absolute Gasteiger partial charge is 0.253 e. The second kappa shape index (κ2) is 7.74. The number of piperidine rings is 1. The molecule has 0 spiro atoms. The van der Waals surface area contributed by atoms with Gasteiger partial charge in [0.25, 0.3) is 5.91 Å². The van der Waals surface area contributed by atoms with Gasteiger partial charge in [-0.15, -0.1) is 21.5 Å². The van der Waals surface area contributed by atoms with Crippen LogP contribution in [-0.2, 0) is 0 Å². The van der Waals surface area contributed by atoms with E-state index in [1.807, 2.05) is 29.2 Å². The van der Waals surface area contributed by atoms with E-state index in [1.165, 1.54) is 30.7 Å². The summed E-state index contributed by atoms with van der Waals surface area (Å²) < 4.78 is 5.17. The standard InChI is InChI=1S/C20H25N3O2S/c1-25-17-10-8-15(9-11-17)20(24)23-12-4-7-16(13-23)19-22-21-18(26-19)14-5-2-3-6-14/h8-11,14,16H,2-7,12-13H2,1H3. The van der Waals surface area contributed by atoms with Crippen molar-refractivity contribution in [3.8, 4) is 5.75 Å². The largest absolute Gasteiger partial charge is 0.497 e. The number of benzene rings is 1. The van der Waals surface area contributed by atoms with Gasteiger partial charge in [0.05, 0.1) is 7.11 Å². The van der Waals surface area contributed by atoms with Gasteiger partial charge in [-0.05, 0) is 49.9 Å². The summed E-state index contributed by atoms with van der Waals surface area (Å²) in [4.78, 5) is 14.8. The summed E-state index contributed by atoms with van der Waals surface area (Å²) in [6.45, 7) is 1.56. The minimum absolute atomic E-state index is 0.0953. The molecule has 1 aliphatic heterocycles. The predicted octanol–water partition coefficient (Wildman–Crippen LogP) is 4.22. The molecule has 5 nitrogen and oxygen atoms in total. The summed E-state index contributed by atoms with van der Waals surface area (Å²) in [5, 5.41) is 11.3. The molecule has 1 amide bonds. The molecule has 2 aliphatic rings. The number of ether oxygens (including phenoxy) is 1. The van der Waals surface area contributed by atoms with Crippen molar-refractivity contribution in [2.45, 2.75) is 50.4 Å². The van der Waals surface area contributed by atoms with Crippen LogP contribution in [0.25, 0.3) is 0 Å². The third-order valence-electron chi connectivity index (χ3n) is 5.56. The molecule has 2 heterocycles. The van der Waals surface area contributed by atoms with E-state index < -0.39 is 0 Å². The molecule has 1 aromatic heterocycles. The monoisotopic (exact) mass is 371 g/mol. The van der Waals surface area contributed by atoms with Crippen molar-refractivity contribution in [2.24, 2.45) is 0 Å². The van der Waals surface area contributed by atoms with Crippen molar-refractivity contribution in [3.05, 3.63) is 39.8 Å². The molecular formula is C20H25N3O2S. The highest BCUT2D eigenvalue weighted by Crippen LogP contribution is 2.38. The highest BCUT2D eigenvalue weighted by atomic mass is 32.1. The number of methoxy groups -OCH3 is 1. The maximum Gasteiger partial charge on any atom is 0.253 e. The molecule has 6 heteroatoms. The van der Waals surface area contributed by atoms with Gasteiger partial charge in [-0.2, -0.15) is 0 Å². The van der Waals surface area contributed by atoms with Crippen molar-refractivity contribution in [1.29, 1.82) is 0 Å². The van der Waals surface area contributed by atoms with E-state index in [4.69, 9.17) is 4.74 Å². The normalized spacial score (nSPS) is 21.1. The first kappa shape index (κ1) is 17.5. The second-order valence-corrected chi connectivity index (χ2v) is 8.32. The molecule has 0 N–H and O–H groups in total. The lowest BCUT2D eigenvalue weighted by molar-refractivity contribution is 0.0707. The lowest BCUT2D eigenvalue weighted by Crippen LogP contribution is -2.39. The maximum atomic E-state index is 12.8. The minimum atomic E-state index is 0.0953. The fraction of sp³-hybridized carbons (Fsp3) is 0.550. The minimum Gasteiger partial charge on any atom is -0.497 e. The van der Waals surface area contributed by atoms with E-state index in [1.54, 1.807) is 18.4 Å². The molecule has 138 valence electrons. The lowest BCUT2D eigenvalue weighted by atomic mass is 9.98. The van der Waals surface area contributed by atoms with E-state index in [0.29, 0.717) is 11.8 Å². The molecule has 1 atom stereocenters. The van der Waals surface area contributed by atoms with Gasteiger partial charge in [0.2, 0.25) is 0 Å². The van der Waals surface area contributed by atoms with Crippen molar-refractivity contribution < 1.29 is 9.53 Å². The van der Waals surface area contributed by atoms with Gasteiger partial charge in [0, 0.05) is 30.5 Å². The van der Waals surface area contributed by atoms with E-state index in [-0.39, 0.29) is 5.91 Å². The van der Waals surface area contributed by atoms with E-state index >= 15 is 0 Å². The van der Waals surface area contributed by atoms with Gasteiger partial charge in [-0.1, -0.05) is 12.8 Å². The first-order chi connectivity index (χ1) is 12.7. The summed E-state index contributed by atoms with van der Waals surface area (Å²) in [7, 11) is 1.63. The average molecular weight is 372 g/mol. The SMILES string of the molecule is COc1ccc(C(=O)N2CCCC(c3nnc(C4CCCC4)s3)C2)cc1. The summed E-state index contributed by atoms with van der Waals surface area (Å²) in [6.07, 6.45) is 7.24. The number of amides is 1. The van der Waals surface area contributed by atoms with Crippen LogP contribution in [0.2, 0.25) is 0 Å². The topological polar surface area (TPSA) is 55.3 Å². The van der Waals surface area contributed by atoms with Gasteiger partial charge in [-0.25, -0.2) is 0 Å². The molecule has 2 aromatic rings.